The fourth-order valence-electron chi connectivity index (χ4n) is 2.31. The lowest BCUT2D eigenvalue weighted by Gasteiger charge is -2.25. The van der Waals surface area contributed by atoms with Crippen LogP contribution < -0.4 is 0 Å². The van der Waals surface area contributed by atoms with Gasteiger partial charge in [-0.05, 0) is 13.0 Å². The normalized spacial score (nSPS) is 21.4. The summed E-state index contributed by atoms with van der Waals surface area (Å²) in [6.07, 6.45) is 0.281. The second kappa shape index (κ2) is 5.02. The van der Waals surface area contributed by atoms with Gasteiger partial charge in [0.25, 0.3) is 0 Å². The van der Waals surface area contributed by atoms with E-state index in [4.69, 9.17) is 5.11 Å². The van der Waals surface area contributed by atoms with Gasteiger partial charge < -0.3 is 10.0 Å². The van der Waals surface area contributed by atoms with Crippen LogP contribution >= 0.6 is 0 Å². The summed E-state index contributed by atoms with van der Waals surface area (Å²) in [5.41, 5.74) is 0.295. The van der Waals surface area contributed by atoms with Crippen LogP contribution in [-0.4, -0.2) is 29.1 Å². The fourth-order valence-corrected chi connectivity index (χ4v) is 2.31. The maximum absolute atomic E-state index is 13.6. The van der Waals surface area contributed by atoms with E-state index in [2.05, 4.69) is 0 Å². The summed E-state index contributed by atoms with van der Waals surface area (Å²) < 4.78 is 26.5. The molecule has 1 N–H and O–H groups in total. The van der Waals surface area contributed by atoms with E-state index in [-0.39, 0.29) is 24.9 Å². The molecule has 5 heteroatoms. The summed E-state index contributed by atoms with van der Waals surface area (Å²) in [5.74, 6) is -1.49. The Morgan fingerprint density at radius 2 is 2.22 bits per heavy atom. The molecule has 1 heterocycles. The molecule has 1 aromatic carbocycles. The van der Waals surface area contributed by atoms with Gasteiger partial charge in [-0.15, -0.1) is 0 Å². The summed E-state index contributed by atoms with van der Waals surface area (Å²) >= 11 is 0. The lowest BCUT2D eigenvalue weighted by Crippen LogP contribution is -2.29. The zero-order chi connectivity index (χ0) is 13.3. The van der Waals surface area contributed by atoms with E-state index in [1.165, 1.54) is 17.0 Å². The second-order valence-corrected chi connectivity index (χ2v) is 4.64. The molecule has 0 spiro atoms. The highest BCUT2D eigenvalue weighted by Gasteiger charge is 2.33. The van der Waals surface area contributed by atoms with Gasteiger partial charge in [-0.2, -0.15) is 0 Å². The van der Waals surface area contributed by atoms with Gasteiger partial charge in [0.1, 0.15) is 11.6 Å². The Labute approximate surface area is 104 Å². The maximum Gasteiger partial charge on any atom is 0.223 e. The van der Waals surface area contributed by atoms with Crippen molar-refractivity contribution in [2.75, 3.05) is 13.2 Å². The number of hydrogen-bond acceptors (Lipinski definition) is 2. The zero-order valence-corrected chi connectivity index (χ0v) is 10.1. The van der Waals surface area contributed by atoms with Gasteiger partial charge in [0, 0.05) is 37.1 Å². The molecular weight excluding hydrogens is 240 g/mol. The van der Waals surface area contributed by atoms with Crippen LogP contribution in [0.25, 0.3) is 0 Å². The van der Waals surface area contributed by atoms with E-state index in [1.807, 2.05) is 0 Å². The summed E-state index contributed by atoms with van der Waals surface area (Å²) in [7, 11) is 0. The molecule has 1 saturated heterocycles. The van der Waals surface area contributed by atoms with E-state index in [9.17, 15) is 13.6 Å². The molecule has 1 amide bonds. The molecule has 0 radical (unpaired) electrons. The summed E-state index contributed by atoms with van der Waals surface area (Å²) in [6.45, 7) is 2.06. The Kier molecular flexibility index (Phi) is 3.61. The summed E-state index contributed by atoms with van der Waals surface area (Å²) in [4.78, 5) is 13.3. The van der Waals surface area contributed by atoms with Crippen LogP contribution in [0.1, 0.15) is 24.9 Å². The molecular formula is C13H15F2NO2. The van der Waals surface area contributed by atoms with E-state index in [1.54, 1.807) is 6.92 Å². The number of carbonyl (C=O) groups excluding carboxylic acids is 1. The molecule has 1 fully saturated rings. The van der Waals surface area contributed by atoms with Gasteiger partial charge in [-0.1, -0.05) is 6.07 Å². The Morgan fingerprint density at radius 3 is 2.78 bits per heavy atom. The first-order chi connectivity index (χ1) is 8.52. The molecule has 3 nitrogen and oxygen atoms in total. The predicted octanol–water partition coefficient (Wildman–Crippen LogP) is 1.87. The zero-order valence-electron chi connectivity index (χ0n) is 10.1. The number of hydrogen-bond donors (Lipinski definition) is 1. The van der Waals surface area contributed by atoms with E-state index in [0.717, 1.165) is 6.07 Å². The molecule has 18 heavy (non-hydrogen) atoms. The Balaban J connectivity index is 2.21. The third kappa shape index (κ3) is 2.36. The van der Waals surface area contributed by atoms with Gasteiger partial charge in [-0.3, -0.25) is 4.79 Å². The number of aliphatic hydroxyl groups excluding tert-OH is 1. The van der Waals surface area contributed by atoms with Gasteiger partial charge in [-0.25, -0.2) is 8.78 Å². The summed E-state index contributed by atoms with van der Waals surface area (Å²) in [6, 6.07) is 2.90. The lowest BCUT2D eigenvalue weighted by molar-refractivity contribution is -0.129. The smallest absolute Gasteiger partial charge is 0.223 e. The first-order valence-corrected chi connectivity index (χ1v) is 5.88. The van der Waals surface area contributed by atoms with Crippen LogP contribution in [0.2, 0.25) is 0 Å². The van der Waals surface area contributed by atoms with Crippen molar-refractivity contribution in [3.05, 3.63) is 35.4 Å². The molecule has 2 rings (SSSR count). The number of nitrogens with zero attached hydrogens (tertiary/aromatic N) is 1. The minimum absolute atomic E-state index is 0.0547. The Hall–Kier alpha value is -1.49. The SMILES string of the molecule is CC(c1ccc(F)cc1F)N1CC(CO)CC1=O. The first kappa shape index (κ1) is 13.0. The Bertz CT molecular complexity index is 464. The highest BCUT2D eigenvalue weighted by Crippen LogP contribution is 2.29. The molecule has 0 aliphatic carbocycles. The number of halogens is 2. The number of aliphatic hydroxyl groups is 1. The average Bonchev–Trinajstić information content (AvgIpc) is 2.70. The molecule has 0 saturated carbocycles. The van der Waals surface area contributed by atoms with Crippen molar-refractivity contribution in [3.63, 3.8) is 0 Å². The molecule has 2 atom stereocenters. The molecule has 1 aliphatic heterocycles. The predicted molar refractivity (Wildman–Crippen MR) is 61.7 cm³/mol. The number of benzene rings is 1. The van der Waals surface area contributed by atoms with Gasteiger partial charge in [0.05, 0.1) is 6.04 Å². The van der Waals surface area contributed by atoms with Crippen molar-refractivity contribution in [2.45, 2.75) is 19.4 Å². The van der Waals surface area contributed by atoms with Crippen molar-refractivity contribution in [1.82, 2.24) is 4.90 Å². The van der Waals surface area contributed by atoms with Crippen molar-refractivity contribution in [2.24, 2.45) is 5.92 Å². The largest absolute Gasteiger partial charge is 0.396 e. The molecule has 2 unspecified atom stereocenters. The highest BCUT2D eigenvalue weighted by molar-refractivity contribution is 5.79. The molecule has 0 bridgehead atoms. The van der Waals surface area contributed by atoms with Crippen molar-refractivity contribution in [3.8, 4) is 0 Å². The third-order valence-corrected chi connectivity index (χ3v) is 3.38. The van der Waals surface area contributed by atoms with E-state index in [0.29, 0.717) is 12.1 Å². The quantitative estimate of drug-likeness (QED) is 0.895. The van der Waals surface area contributed by atoms with E-state index < -0.39 is 17.7 Å². The van der Waals surface area contributed by atoms with Crippen molar-refractivity contribution in [1.29, 1.82) is 0 Å². The number of amides is 1. The molecule has 1 aromatic rings. The molecule has 1 aliphatic rings. The highest BCUT2D eigenvalue weighted by atomic mass is 19.1. The fraction of sp³-hybridized carbons (Fsp3) is 0.462. The van der Waals surface area contributed by atoms with Crippen LogP contribution in [0.5, 0.6) is 0 Å². The minimum Gasteiger partial charge on any atom is -0.396 e. The third-order valence-electron chi connectivity index (χ3n) is 3.38. The first-order valence-electron chi connectivity index (χ1n) is 5.88. The molecule has 98 valence electrons. The van der Waals surface area contributed by atoms with Crippen LogP contribution in [0, 0.1) is 17.6 Å². The monoisotopic (exact) mass is 255 g/mol. The van der Waals surface area contributed by atoms with Gasteiger partial charge in [0.2, 0.25) is 5.91 Å². The van der Waals surface area contributed by atoms with Crippen LogP contribution in [0.15, 0.2) is 18.2 Å². The van der Waals surface area contributed by atoms with E-state index >= 15 is 0 Å². The van der Waals surface area contributed by atoms with Crippen molar-refractivity contribution < 1.29 is 18.7 Å². The number of carbonyl (C=O) groups is 1. The number of rotatable bonds is 3. The van der Waals surface area contributed by atoms with Crippen LogP contribution in [-0.2, 0) is 4.79 Å². The average molecular weight is 255 g/mol. The second-order valence-electron chi connectivity index (χ2n) is 4.64. The standard InChI is InChI=1S/C13H15F2NO2/c1-8(11-3-2-10(14)5-12(11)15)16-6-9(7-17)4-13(16)18/h2-3,5,8-9,17H,4,6-7H2,1H3. The minimum atomic E-state index is -0.650. The topological polar surface area (TPSA) is 40.5 Å². The van der Waals surface area contributed by atoms with Gasteiger partial charge >= 0.3 is 0 Å². The van der Waals surface area contributed by atoms with Gasteiger partial charge in [0.15, 0.2) is 0 Å². The van der Waals surface area contributed by atoms with Crippen molar-refractivity contribution >= 4 is 5.91 Å². The molecule has 0 aromatic heterocycles. The summed E-state index contributed by atoms with van der Waals surface area (Å²) in [5, 5.41) is 9.04. The number of likely N-dealkylation sites (tertiary alicyclic amines) is 1. The maximum atomic E-state index is 13.6. The lowest BCUT2D eigenvalue weighted by atomic mass is 10.1. The van der Waals surface area contributed by atoms with Crippen LogP contribution in [0.4, 0.5) is 8.78 Å². The van der Waals surface area contributed by atoms with Crippen LogP contribution in [0.3, 0.4) is 0 Å². The Morgan fingerprint density at radius 1 is 1.50 bits per heavy atom.